The fourth-order valence-electron chi connectivity index (χ4n) is 3.94. The molecule has 0 aliphatic heterocycles. The zero-order valence-electron chi connectivity index (χ0n) is 23.1. The third-order valence-corrected chi connectivity index (χ3v) is 7.46. The summed E-state index contributed by atoms with van der Waals surface area (Å²) < 4.78 is 11.2. The van der Waals surface area contributed by atoms with Crippen molar-refractivity contribution in [2.75, 3.05) is 6.61 Å². The van der Waals surface area contributed by atoms with Crippen LogP contribution in [0, 0.1) is 18.3 Å². The van der Waals surface area contributed by atoms with E-state index in [1.54, 1.807) is 16.2 Å². The molecule has 0 unspecified atom stereocenters. The zero-order chi connectivity index (χ0) is 29.8. The van der Waals surface area contributed by atoms with Crippen LogP contribution >= 0.6 is 20.7 Å². The topological polar surface area (TPSA) is 137 Å². The summed E-state index contributed by atoms with van der Waals surface area (Å²) >= 11 is -0.463. The molecule has 0 saturated carbocycles. The lowest BCUT2D eigenvalue weighted by molar-refractivity contribution is -0.131. The van der Waals surface area contributed by atoms with Crippen LogP contribution in [0.15, 0.2) is 64.9 Å². The molecule has 1 aromatic heterocycles. The highest BCUT2D eigenvalue weighted by molar-refractivity contribution is 14.2. The number of amides is 1. The lowest BCUT2D eigenvalue weighted by Crippen LogP contribution is -2.37. The summed E-state index contributed by atoms with van der Waals surface area (Å²) in [5.74, 6) is -0.00105. The van der Waals surface area contributed by atoms with Crippen molar-refractivity contribution < 1.29 is 24.5 Å². The van der Waals surface area contributed by atoms with Gasteiger partial charge in [0.15, 0.2) is 0 Å². The van der Waals surface area contributed by atoms with Gasteiger partial charge in [0.2, 0.25) is 0 Å². The highest BCUT2D eigenvalue weighted by Gasteiger charge is 2.17. The van der Waals surface area contributed by atoms with E-state index >= 15 is 0 Å². The van der Waals surface area contributed by atoms with Crippen LogP contribution in [-0.4, -0.2) is 54.4 Å². The van der Waals surface area contributed by atoms with Crippen molar-refractivity contribution in [1.29, 1.82) is 5.26 Å². The molecule has 41 heavy (non-hydrogen) atoms. The fraction of sp³-hybridized carbons (Fsp3) is 0.258. The van der Waals surface area contributed by atoms with Crippen molar-refractivity contribution in [3.05, 3.63) is 87.4 Å². The Bertz CT molecular complexity index is 1480. The Labute approximate surface area is 249 Å². The van der Waals surface area contributed by atoms with Gasteiger partial charge in [-0.2, -0.15) is 5.26 Å². The minimum atomic E-state index is -0.939. The number of carbonyl (C=O) groups excluding carboxylic acids is 1. The number of allylic oxidation sites excluding steroid dienone is 1. The second kappa shape index (κ2) is 15.6. The Hall–Kier alpha value is -4.08. The number of halogens is 1. The standard InChI is InChI=1S/C31H33IN4O5/c1-21(2)41-29-10-9-25(18-26(29)19-33)31(40)35-27(12-16-37)17-23-5-7-24(8-6-23)28-20-36(22(3)34-28)15-4-13-32-14-11-30(38)39/h4-11,13-15,18,20-21,27,37H,12,16-17H2,1-3H3,(H,35,40)(H,38,39)/b14-11+,15-4-/t27-/m1/s1. The maximum absolute atomic E-state index is 13.0. The summed E-state index contributed by atoms with van der Waals surface area (Å²) in [6.07, 6.45) is 7.69. The van der Waals surface area contributed by atoms with Gasteiger partial charge in [-0.05, 0) is 71.5 Å². The Balaban J connectivity index is 1.66. The number of ether oxygens (including phenoxy) is 1. The number of aliphatic hydroxyl groups is 1. The number of hydrogen-bond donors (Lipinski definition) is 3. The van der Waals surface area contributed by atoms with Crippen LogP contribution in [-0.2, 0) is 11.2 Å². The highest BCUT2D eigenvalue weighted by Crippen LogP contribution is 2.22. The summed E-state index contributed by atoms with van der Waals surface area (Å²) in [6, 6.07) is 14.5. The highest BCUT2D eigenvalue weighted by atomic mass is 127. The number of aryl methyl sites for hydroxylation is 1. The molecule has 0 aliphatic rings. The Kier molecular flexibility index (Phi) is 12.0. The Morgan fingerprint density at radius 2 is 1.98 bits per heavy atom. The van der Waals surface area contributed by atoms with Gasteiger partial charge in [-0.1, -0.05) is 45.0 Å². The van der Waals surface area contributed by atoms with Gasteiger partial charge < -0.3 is 24.8 Å². The fourth-order valence-corrected chi connectivity index (χ4v) is 5.12. The van der Waals surface area contributed by atoms with Crippen molar-refractivity contribution in [3.63, 3.8) is 0 Å². The number of aliphatic carboxylic acids is 1. The molecule has 0 aliphatic carbocycles. The van der Waals surface area contributed by atoms with Gasteiger partial charge in [0, 0.05) is 42.2 Å². The molecule has 0 bridgehead atoms. The largest absolute Gasteiger partial charge is 0.490 e. The number of carboxylic acids is 1. The SMILES string of the molecule is Cc1nc(-c2ccc(C[C@@H](CCO)NC(=O)c3ccc(OC(C)C)c(C#N)c3)cc2)cn1\C=C/C=I\C=C\C(=O)O. The van der Waals surface area contributed by atoms with Crippen molar-refractivity contribution in [2.24, 2.45) is 0 Å². The molecule has 0 spiro atoms. The van der Waals surface area contributed by atoms with Crippen LogP contribution in [0.3, 0.4) is 0 Å². The molecular weight excluding hydrogens is 635 g/mol. The van der Waals surface area contributed by atoms with Gasteiger partial charge in [-0.3, -0.25) is 4.79 Å². The first kappa shape index (κ1) is 31.4. The van der Waals surface area contributed by atoms with E-state index in [2.05, 4.69) is 16.4 Å². The second-order valence-corrected chi connectivity index (χ2v) is 11.5. The number of nitriles is 1. The van der Waals surface area contributed by atoms with Gasteiger partial charge in [0.1, 0.15) is 17.6 Å². The predicted molar refractivity (Wildman–Crippen MR) is 168 cm³/mol. The molecule has 1 heterocycles. The van der Waals surface area contributed by atoms with Crippen molar-refractivity contribution in [3.8, 4) is 23.1 Å². The average molecular weight is 669 g/mol. The first-order chi connectivity index (χ1) is 19.7. The van der Waals surface area contributed by atoms with E-state index < -0.39 is 26.7 Å². The monoisotopic (exact) mass is 668 g/mol. The lowest BCUT2D eigenvalue weighted by Gasteiger charge is -2.19. The number of nitrogens with zero attached hydrogens (tertiary/aromatic N) is 3. The molecule has 9 nitrogen and oxygen atoms in total. The number of nitrogens with one attached hydrogen (secondary N) is 1. The van der Waals surface area contributed by atoms with E-state index in [9.17, 15) is 20.0 Å². The average Bonchev–Trinajstić information content (AvgIpc) is 3.31. The van der Waals surface area contributed by atoms with Crippen LogP contribution in [0.2, 0.25) is 0 Å². The van der Waals surface area contributed by atoms with Crippen LogP contribution in [0.1, 0.15) is 47.6 Å². The molecule has 0 radical (unpaired) electrons. The van der Waals surface area contributed by atoms with E-state index in [1.165, 1.54) is 6.07 Å². The Morgan fingerprint density at radius 1 is 1.22 bits per heavy atom. The summed E-state index contributed by atoms with van der Waals surface area (Å²) in [7, 11) is 0. The van der Waals surface area contributed by atoms with Gasteiger partial charge in [-0.15, -0.1) is 0 Å². The first-order valence-corrected chi connectivity index (χ1v) is 15.5. The molecule has 3 rings (SSSR count). The number of imidazole rings is 1. The number of carbonyl (C=O) groups is 2. The summed E-state index contributed by atoms with van der Waals surface area (Å²) in [5, 5.41) is 30.7. The number of hydrogen-bond acceptors (Lipinski definition) is 6. The zero-order valence-corrected chi connectivity index (χ0v) is 25.3. The molecule has 214 valence electrons. The van der Waals surface area contributed by atoms with Gasteiger partial charge in [0.05, 0.1) is 17.4 Å². The lowest BCUT2D eigenvalue weighted by atomic mass is 10.0. The summed E-state index contributed by atoms with van der Waals surface area (Å²) in [5.41, 5.74) is 3.40. The van der Waals surface area contributed by atoms with Crippen molar-refractivity contribution >= 4 is 42.8 Å². The van der Waals surface area contributed by atoms with E-state index in [0.29, 0.717) is 29.7 Å². The van der Waals surface area contributed by atoms with E-state index in [1.807, 2.05) is 72.1 Å². The molecule has 2 aromatic carbocycles. The molecule has 0 fully saturated rings. The predicted octanol–water partition coefficient (Wildman–Crippen LogP) is 5.08. The van der Waals surface area contributed by atoms with Gasteiger partial charge >= 0.3 is 5.97 Å². The molecule has 0 saturated heterocycles. The third kappa shape index (κ3) is 9.81. The molecule has 10 heteroatoms. The van der Waals surface area contributed by atoms with Crippen LogP contribution < -0.4 is 10.1 Å². The van der Waals surface area contributed by atoms with E-state index in [-0.39, 0.29) is 24.7 Å². The molecule has 3 N–H and O–H groups in total. The van der Waals surface area contributed by atoms with E-state index in [4.69, 9.17) is 9.84 Å². The van der Waals surface area contributed by atoms with Crippen molar-refractivity contribution in [2.45, 2.75) is 45.8 Å². The quantitative estimate of drug-likeness (QED) is 0.171. The Morgan fingerprint density at radius 3 is 2.63 bits per heavy atom. The third-order valence-electron chi connectivity index (χ3n) is 5.86. The normalized spacial score (nSPS) is 12.5. The van der Waals surface area contributed by atoms with Crippen LogP contribution in [0.4, 0.5) is 0 Å². The second-order valence-electron chi connectivity index (χ2n) is 9.38. The molecular formula is C31H33IN4O5. The summed E-state index contributed by atoms with van der Waals surface area (Å²) in [4.78, 5) is 28.1. The number of aliphatic hydroxyl groups excluding tert-OH is 1. The molecule has 1 amide bonds. The number of rotatable bonds is 13. The van der Waals surface area contributed by atoms with Crippen LogP contribution in [0.25, 0.3) is 17.5 Å². The van der Waals surface area contributed by atoms with Crippen LogP contribution in [0.5, 0.6) is 5.75 Å². The first-order valence-electron chi connectivity index (χ1n) is 13.0. The van der Waals surface area contributed by atoms with Gasteiger partial charge in [0.25, 0.3) is 5.91 Å². The minimum absolute atomic E-state index is 0.0763. The maximum atomic E-state index is 13.0. The van der Waals surface area contributed by atoms with Crippen molar-refractivity contribution in [1.82, 2.24) is 14.9 Å². The summed E-state index contributed by atoms with van der Waals surface area (Å²) in [6.45, 7) is 5.57. The van der Waals surface area contributed by atoms with E-state index in [0.717, 1.165) is 28.7 Å². The smallest absolute Gasteiger partial charge is 0.328 e. The maximum Gasteiger partial charge on any atom is 0.328 e. The minimum Gasteiger partial charge on any atom is -0.490 e. The number of aromatic nitrogens is 2. The number of benzene rings is 2. The molecule has 3 aromatic rings. The number of carboxylic acid groups (broad SMARTS) is 1. The molecule has 1 atom stereocenters. The van der Waals surface area contributed by atoms with Gasteiger partial charge in [-0.25, -0.2) is 9.78 Å².